The second kappa shape index (κ2) is 7.03. The Morgan fingerprint density at radius 3 is 2.50 bits per heavy atom. The van der Waals surface area contributed by atoms with Crippen LogP contribution in [0.3, 0.4) is 0 Å². The Morgan fingerprint density at radius 2 is 1.77 bits per heavy atom. The number of hydrogen-bond donors (Lipinski definition) is 1. The minimum Gasteiger partial charge on any atom is -0.309 e. The van der Waals surface area contributed by atoms with Crippen molar-refractivity contribution in [1.82, 2.24) is 34.3 Å². The van der Waals surface area contributed by atoms with Gasteiger partial charge in [-0.05, 0) is 30.3 Å². The SMILES string of the molecule is CCc1nc(-n2ccc3nc4ccn(Cc5ccccn5)c(=O)c4cc3c2=O)n[nH]1. The van der Waals surface area contributed by atoms with Gasteiger partial charge in [0.2, 0.25) is 0 Å². The Morgan fingerprint density at radius 1 is 0.967 bits per heavy atom. The number of H-pyrrole nitrogens is 1. The van der Waals surface area contributed by atoms with E-state index < -0.39 is 0 Å². The zero-order valence-corrected chi connectivity index (χ0v) is 16.1. The van der Waals surface area contributed by atoms with Crippen LogP contribution in [0.4, 0.5) is 0 Å². The minimum atomic E-state index is -0.330. The molecule has 9 nitrogen and oxygen atoms in total. The van der Waals surface area contributed by atoms with Crippen molar-refractivity contribution in [2.75, 3.05) is 0 Å². The average molecular weight is 399 g/mol. The van der Waals surface area contributed by atoms with Crippen molar-refractivity contribution in [3.63, 3.8) is 0 Å². The van der Waals surface area contributed by atoms with Crippen molar-refractivity contribution in [2.45, 2.75) is 19.9 Å². The van der Waals surface area contributed by atoms with Crippen LogP contribution in [0.1, 0.15) is 18.4 Å². The molecule has 30 heavy (non-hydrogen) atoms. The number of nitrogens with zero attached hydrogens (tertiary/aromatic N) is 6. The van der Waals surface area contributed by atoms with E-state index in [4.69, 9.17) is 0 Å². The van der Waals surface area contributed by atoms with Crippen molar-refractivity contribution in [1.29, 1.82) is 0 Å². The van der Waals surface area contributed by atoms with Crippen molar-refractivity contribution in [3.05, 3.63) is 87.2 Å². The fraction of sp³-hybridized carbons (Fsp3) is 0.143. The Labute approximate surface area is 169 Å². The predicted molar refractivity (Wildman–Crippen MR) is 112 cm³/mol. The molecule has 0 radical (unpaired) electrons. The largest absolute Gasteiger partial charge is 0.309 e. The van der Waals surface area contributed by atoms with E-state index in [1.54, 1.807) is 41.4 Å². The van der Waals surface area contributed by atoms with Crippen LogP contribution in [0.2, 0.25) is 0 Å². The van der Waals surface area contributed by atoms with E-state index in [9.17, 15) is 9.59 Å². The lowest BCUT2D eigenvalue weighted by atomic mass is 10.2. The van der Waals surface area contributed by atoms with E-state index in [0.29, 0.717) is 40.6 Å². The van der Waals surface area contributed by atoms with Crippen molar-refractivity contribution >= 4 is 21.8 Å². The Kier molecular flexibility index (Phi) is 4.20. The summed E-state index contributed by atoms with van der Waals surface area (Å²) < 4.78 is 2.91. The maximum absolute atomic E-state index is 13.1. The molecule has 5 rings (SSSR count). The average Bonchev–Trinajstić information content (AvgIpc) is 3.25. The van der Waals surface area contributed by atoms with Crippen molar-refractivity contribution in [3.8, 4) is 5.95 Å². The highest BCUT2D eigenvalue weighted by molar-refractivity contribution is 5.91. The molecule has 0 spiro atoms. The first kappa shape index (κ1) is 17.9. The van der Waals surface area contributed by atoms with Crippen LogP contribution in [0.25, 0.3) is 27.8 Å². The van der Waals surface area contributed by atoms with Crippen molar-refractivity contribution in [2.24, 2.45) is 0 Å². The molecule has 1 N–H and O–H groups in total. The third-order valence-corrected chi connectivity index (χ3v) is 4.94. The van der Waals surface area contributed by atoms with Gasteiger partial charge in [-0.15, -0.1) is 5.10 Å². The van der Waals surface area contributed by atoms with Gasteiger partial charge in [0.25, 0.3) is 17.1 Å². The highest BCUT2D eigenvalue weighted by Gasteiger charge is 2.13. The maximum atomic E-state index is 13.1. The van der Waals surface area contributed by atoms with Gasteiger partial charge in [0.15, 0.2) is 0 Å². The van der Waals surface area contributed by atoms with Gasteiger partial charge in [-0.2, -0.15) is 4.98 Å². The fourth-order valence-electron chi connectivity index (χ4n) is 3.36. The molecular weight excluding hydrogens is 382 g/mol. The predicted octanol–water partition coefficient (Wildman–Crippen LogP) is 1.82. The van der Waals surface area contributed by atoms with E-state index in [-0.39, 0.29) is 17.1 Å². The van der Waals surface area contributed by atoms with E-state index in [2.05, 4.69) is 25.1 Å². The lowest BCUT2D eigenvalue weighted by molar-refractivity contribution is 0.746. The van der Waals surface area contributed by atoms with Gasteiger partial charge in [0, 0.05) is 25.0 Å². The van der Waals surface area contributed by atoms with Crippen LogP contribution in [-0.2, 0) is 13.0 Å². The quantitative estimate of drug-likeness (QED) is 0.462. The zero-order chi connectivity index (χ0) is 20.7. The van der Waals surface area contributed by atoms with Gasteiger partial charge in [0.1, 0.15) is 5.82 Å². The monoisotopic (exact) mass is 399 g/mol. The molecule has 5 aromatic heterocycles. The normalized spacial score (nSPS) is 11.4. The number of aromatic amines is 1. The summed E-state index contributed by atoms with van der Waals surface area (Å²) in [5.74, 6) is 0.950. The van der Waals surface area contributed by atoms with E-state index in [0.717, 1.165) is 5.69 Å². The molecular formula is C21H17N7O2. The van der Waals surface area contributed by atoms with Gasteiger partial charge in [0.05, 0.1) is 34.0 Å². The van der Waals surface area contributed by atoms with Crippen LogP contribution in [-0.4, -0.2) is 34.3 Å². The van der Waals surface area contributed by atoms with Crippen molar-refractivity contribution < 1.29 is 0 Å². The molecule has 0 aliphatic heterocycles. The Balaban J connectivity index is 1.67. The molecule has 0 saturated heterocycles. The summed E-state index contributed by atoms with van der Waals surface area (Å²) in [4.78, 5) is 39.2. The van der Waals surface area contributed by atoms with Gasteiger partial charge in [-0.3, -0.25) is 19.7 Å². The lowest BCUT2D eigenvalue weighted by Gasteiger charge is -2.08. The highest BCUT2D eigenvalue weighted by Crippen LogP contribution is 2.15. The number of rotatable bonds is 4. The molecule has 9 heteroatoms. The number of aromatic nitrogens is 7. The third kappa shape index (κ3) is 2.96. The summed E-state index contributed by atoms with van der Waals surface area (Å²) in [5, 5.41) is 7.61. The molecule has 0 fully saturated rings. The molecule has 148 valence electrons. The smallest absolute Gasteiger partial charge is 0.267 e. The number of aryl methyl sites for hydroxylation is 1. The highest BCUT2D eigenvalue weighted by atomic mass is 16.1. The second-order valence-corrected chi connectivity index (χ2v) is 6.85. The standard InChI is InChI=1S/C21H17N7O2/c1-2-18-24-21(26-25-18)28-10-7-17-15(20(28)30)11-14-16(23-17)6-9-27(19(14)29)12-13-5-3-4-8-22-13/h3-11H,2,12H2,1H3,(H,24,25,26). The molecule has 0 unspecified atom stereocenters. The van der Waals surface area contributed by atoms with Gasteiger partial charge in [-0.1, -0.05) is 13.0 Å². The van der Waals surface area contributed by atoms with E-state index in [1.165, 1.54) is 4.57 Å². The fourth-order valence-corrected chi connectivity index (χ4v) is 3.36. The van der Waals surface area contributed by atoms with Gasteiger partial charge < -0.3 is 4.57 Å². The summed E-state index contributed by atoms with van der Waals surface area (Å²) in [6.07, 6.45) is 5.65. The molecule has 0 aromatic carbocycles. The second-order valence-electron chi connectivity index (χ2n) is 6.85. The van der Waals surface area contributed by atoms with Crippen LogP contribution < -0.4 is 11.1 Å². The molecule has 0 aliphatic carbocycles. The number of hydrogen-bond acceptors (Lipinski definition) is 6. The molecule has 0 aliphatic rings. The first-order valence-electron chi connectivity index (χ1n) is 9.51. The first-order chi connectivity index (χ1) is 14.6. The number of pyridine rings is 4. The summed E-state index contributed by atoms with van der Waals surface area (Å²) in [7, 11) is 0. The molecule has 5 aromatic rings. The van der Waals surface area contributed by atoms with Crippen LogP contribution in [0, 0.1) is 0 Å². The van der Waals surface area contributed by atoms with E-state index in [1.807, 2.05) is 25.1 Å². The van der Waals surface area contributed by atoms with Crippen LogP contribution in [0.5, 0.6) is 0 Å². The Bertz CT molecular complexity index is 1500. The zero-order valence-electron chi connectivity index (χ0n) is 16.1. The maximum Gasteiger partial charge on any atom is 0.267 e. The molecule has 0 atom stereocenters. The summed E-state index contributed by atoms with van der Waals surface area (Å²) in [5.41, 5.74) is 1.26. The Hall–Kier alpha value is -4.14. The molecule has 0 bridgehead atoms. The van der Waals surface area contributed by atoms with Crippen LogP contribution in [0.15, 0.2) is 64.6 Å². The van der Waals surface area contributed by atoms with Gasteiger partial charge in [-0.25, -0.2) is 9.55 Å². The topological polar surface area (TPSA) is 111 Å². The third-order valence-electron chi connectivity index (χ3n) is 4.94. The van der Waals surface area contributed by atoms with Crippen LogP contribution >= 0.6 is 0 Å². The first-order valence-corrected chi connectivity index (χ1v) is 9.51. The summed E-state index contributed by atoms with van der Waals surface area (Å²) in [6, 6.07) is 10.6. The molecule has 5 heterocycles. The number of fused-ring (bicyclic) bond motifs is 2. The molecule has 0 saturated carbocycles. The lowest BCUT2D eigenvalue weighted by Crippen LogP contribution is -2.22. The van der Waals surface area contributed by atoms with E-state index >= 15 is 0 Å². The van der Waals surface area contributed by atoms with Gasteiger partial charge >= 0.3 is 0 Å². The summed E-state index contributed by atoms with van der Waals surface area (Å²) >= 11 is 0. The number of nitrogens with one attached hydrogen (secondary N) is 1. The summed E-state index contributed by atoms with van der Waals surface area (Å²) in [6.45, 7) is 2.28. The minimum absolute atomic E-state index is 0.228. The molecule has 0 amide bonds.